The number of rotatable bonds is 7. The molecule has 0 fully saturated rings. The first-order chi connectivity index (χ1) is 16.1. The van der Waals surface area contributed by atoms with Crippen LogP contribution in [0.2, 0.25) is 0 Å². The molecule has 0 unspecified atom stereocenters. The Morgan fingerprint density at radius 3 is 2.44 bits per heavy atom. The minimum Gasteiger partial charge on any atom is -0.457 e. The van der Waals surface area contributed by atoms with Crippen LogP contribution in [0.4, 0.5) is 13.2 Å². The number of aliphatic hydroxyl groups is 1. The molecule has 0 amide bonds. The van der Waals surface area contributed by atoms with E-state index in [0.29, 0.717) is 22.7 Å². The quantitative estimate of drug-likeness (QED) is 0.381. The molecule has 10 heteroatoms. The standard InChI is InChI=1S/C24H21F3N2O4S/c1-16-22(29-11-4-10-21(23(29)28-16)24(25,26)27)17-6-2-7-18(14-17)33-19-8-3-9-20(15-19)34(31,32)13-5-12-30/h2-4,6-11,14-15,30H,5,12-13H2,1H3. The normalized spacial score (nSPS) is 12.3. The minimum atomic E-state index is -4.54. The Morgan fingerprint density at radius 1 is 1.03 bits per heavy atom. The number of pyridine rings is 1. The third-order valence-electron chi connectivity index (χ3n) is 5.21. The van der Waals surface area contributed by atoms with Crippen molar-refractivity contribution in [2.24, 2.45) is 0 Å². The summed E-state index contributed by atoms with van der Waals surface area (Å²) >= 11 is 0. The van der Waals surface area contributed by atoms with Gasteiger partial charge in [-0.15, -0.1) is 0 Å². The molecule has 2 aromatic heterocycles. The van der Waals surface area contributed by atoms with E-state index in [0.717, 1.165) is 6.07 Å². The predicted molar refractivity (Wildman–Crippen MR) is 121 cm³/mol. The van der Waals surface area contributed by atoms with Crippen LogP contribution in [0.1, 0.15) is 17.7 Å². The maximum absolute atomic E-state index is 13.4. The number of nitrogens with zero attached hydrogens (tertiary/aromatic N) is 2. The molecular weight excluding hydrogens is 469 g/mol. The van der Waals surface area contributed by atoms with Crippen molar-refractivity contribution in [3.8, 4) is 22.8 Å². The molecule has 178 valence electrons. The molecule has 34 heavy (non-hydrogen) atoms. The van der Waals surface area contributed by atoms with Crippen molar-refractivity contribution in [3.63, 3.8) is 0 Å². The van der Waals surface area contributed by atoms with Gasteiger partial charge in [-0.05, 0) is 55.8 Å². The largest absolute Gasteiger partial charge is 0.457 e. The number of alkyl halides is 3. The van der Waals surface area contributed by atoms with E-state index in [1.807, 2.05) is 0 Å². The van der Waals surface area contributed by atoms with Crippen LogP contribution in [0, 0.1) is 6.92 Å². The topological polar surface area (TPSA) is 80.9 Å². The van der Waals surface area contributed by atoms with Crippen molar-refractivity contribution >= 4 is 15.5 Å². The average Bonchev–Trinajstić information content (AvgIpc) is 3.13. The summed E-state index contributed by atoms with van der Waals surface area (Å²) in [6.07, 6.45) is -2.89. The van der Waals surface area contributed by atoms with Crippen molar-refractivity contribution in [3.05, 3.63) is 78.1 Å². The van der Waals surface area contributed by atoms with E-state index in [-0.39, 0.29) is 35.1 Å². The Labute approximate surface area is 194 Å². The number of benzene rings is 2. The molecule has 4 rings (SSSR count). The van der Waals surface area contributed by atoms with Gasteiger partial charge in [0.2, 0.25) is 0 Å². The first kappa shape index (κ1) is 23.8. The Morgan fingerprint density at radius 2 is 1.74 bits per heavy atom. The van der Waals surface area contributed by atoms with Gasteiger partial charge in [-0.2, -0.15) is 13.2 Å². The van der Waals surface area contributed by atoms with Gasteiger partial charge in [0.05, 0.1) is 27.6 Å². The number of aliphatic hydroxyl groups excluding tert-OH is 1. The van der Waals surface area contributed by atoms with Crippen LogP contribution in [-0.4, -0.2) is 35.3 Å². The zero-order valence-corrected chi connectivity index (χ0v) is 18.9. The molecule has 0 saturated heterocycles. The molecular formula is C24H21F3N2O4S. The summed E-state index contributed by atoms with van der Waals surface area (Å²) in [5.41, 5.74) is 0.497. The van der Waals surface area contributed by atoms with Crippen molar-refractivity contribution in [1.29, 1.82) is 0 Å². The van der Waals surface area contributed by atoms with Crippen LogP contribution < -0.4 is 4.74 Å². The molecule has 0 atom stereocenters. The molecule has 0 saturated carbocycles. The summed E-state index contributed by atoms with van der Waals surface area (Å²) in [6.45, 7) is 1.41. The molecule has 2 aromatic carbocycles. The highest BCUT2D eigenvalue weighted by Gasteiger charge is 2.34. The van der Waals surface area contributed by atoms with E-state index in [2.05, 4.69) is 4.98 Å². The Bertz CT molecular complexity index is 1450. The molecule has 0 spiro atoms. The van der Waals surface area contributed by atoms with Gasteiger partial charge < -0.3 is 9.84 Å². The van der Waals surface area contributed by atoms with Gasteiger partial charge in [0.25, 0.3) is 0 Å². The first-order valence-electron chi connectivity index (χ1n) is 10.4. The Hall–Kier alpha value is -3.37. The van der Waals surface area contributed by atoms with E-state index in [1.165, 1.54) is 28.8 Å². The molecule has 0 aliphatic rings. The van der Waals surface area contributed by atoms with Gasteiger partial charge in [0.1, 0.15) is 17.1 Å². The number of ether oxygens (including phenoxy) is 1. The van der Waals surface area contributed by atoms with Crippen LogP contribution in [0.25, 0.3) is 16.9 Å². The highest BCUT2D eigenvalue weighted by molar-refractivity contribution is 7.91. The number of aromatic nitrogens is 2. The van der Waals surface area contributed by atoms with E-state index in [9.17, 15) is 21.6 Å². The highest BCUT2D eigenvalue weighted by Crippen LogP contribution is 2.36. The van der Waals surface area contributed by atoms with Crippen molar-refractivity contribution in [2.45, 2.75) is 24.4 Å². The molecule has 6 nitrogen and oxygen atoms in total. The van der Waals surface area contributed by atoms with Crippen LogP contribution in [0.3, 0.4) is 0 Å². The number of sulfone groups is 1. The van der Waals surface area contributed by atoms with Crippen LogP contribution in [-0.2, 0) is 16.0 Å². The second-order valence-electron chi connectivity index (χ2n) is 7.66. The molecule has 0 radical (unpaired) electrons. The van der Waals surface area contributed by atoms with Crippen LogP contribution in [0.15, 0.2) is 71.8 Å². The van der Waals surface area contributed by atoms with Gasteiger partial charge >= 0.3 is 6.18 Å². The maximum Gasteiger partial charge on any atom is 0.419 e. The van der Waals surface area contributed by atoms with E-state index in [1.54, 1.807) is 43.3 Å². The summed E-state index contributed by atoms with van der Waals surface area (Å²) in [6, 6.07) is 15.1. The maximum atomic E-state index is 13.4. The van der Waals surface area contributed by atoms with Crippen molar-refractivity contribution < 1.29 is 31.4 Å². The van der Waals surface area contributed by atoms with Gasteiger partial charge in [0.15, 0.2) is 9.84 Å². The monoisotopic (exact) mass is 490 g/mol. The molecule has 0 bridgehead atoms. The number of imidazole rings is 1. The van der Waals surface area contributed by atoms with E-state index < -0.39 is 21.6 Å². The van der Waals surface area contributed by atoms with E-state index in [4.69, 9.17) is 9.84 Å². The smallest absolute Gasteiger partial charge is 0.419 e. The molecule has 0 aliphatic heterocycles. The number of fused-ring (bicyclic) bond motifs is 1. The molecule has 2 heterocycles. The van der Waals surface area contributed by atoms with Crippen molar-refractivity contribution in [2.75, 3.05) is 12.4 Å². The van der Waals surface area contributed by atoms with Crippen LogP contribution >= 0.6 is 0 Å². The summed E-state index contributed by atoms with van der Waals surface area (Å²) in [5, 5.41) is 8.92. The van der Waals surface area contributed by atoms with Crippen molar-refractivity contribution in [1.82, 2.24) is 9.38 Å². The second kappa shape index (κ2) is 9.11. The second-order valence-corrected chi connectivity index (χ2v) is 9.77. The number of hydrogen-bond acceptors (Lipinski definition) is 5. The fourth-order valence-corrected chi connectivity index (χ4v) is 5.02. The lowest BCUT2D eigenvalue weighted by Gasteiger charge is -2.11. The molecule has 4 aromatic rings. The summed E-state index contributed by atoms with van der Waals surface area (Å²) in [5.74, 6) is 0.482. The third kappa shape index (κ3) is 4.78. The fourth-order valence-electron chi connectivity index (χ4n) is 3.70. The van der Waals surface area contributed by atoms with Gasteiger partial charge in [-0.1, -0.05) is 18.2 Å². The third-order valence-corrected chi connectivity index (χ3v) is 7.01. The van der Waals surface area contributed by atoms with Gasteiger partial charge in [0, 0.05) is 18.4 Å². The fraction of sp³-hybridized carbons (Fsp3) is 0.208. The highest BCUT2D eigenvalue weighted by atomic mass is 32.2. The first-order valence-corrected chi connectivity index (χ1v) is 12.0. The summed E-state index contributed by atoms with van der Waals surface area (Å²) < 4.78 is 72.3. The van der Waals surface area contributed by atoms with Gasteiger partial charge in [-0.3, -0.25) is 4.40 Å². The van der Waals surface area contributed by atoms with E-state index >= 15 is 0 Å². The lowest BCUT2D eigenvalue weighted by molar-refractivity contribution is -0.136. The van der Waals surface area contributed by atoms with Crippen LogP contribution in [0.5, 0.6) is 11.5 Å². The number of halogens is 3. The molecule has 0 aliphatic carbocycles. The summed E-state index contributed by atoms with van der Waals surface area (Å²) in [4.78, 5) is 4.23. The lowest BCUT2D eigenvalue weighted by Crippen LogP contribution is -2.08. The zero-order chi connectivity index (χ0) is 24.5. The van der Waals surface area contributed by atoms with Gasteiger partial charge in [-0.25, -0.2) is 13.4 Å². The summed E-state index contributed by atoms with van der Waals surface area (Å²) in [7, 11) is -3.57. The lowest BCUT2D eigenvalue weighted by atomic mass is 10.1. The Kier molecular flexibility index (Phi) is 6.37. The zero-order valence-electron chi connectivity index (χ0n) is 18.1. The molecule has 1 N–H and O–H groups in total. The number of aryl methyl sites for hydroxylation is 1. The SMILES string of the molecule is Cc1nc2c(C(F)(F)F)cccn2c1-c1cccc(Oc2cccc(S(=O)(=O)CCCO)c2)c1. The number of hydrogen-bond donors (Lipinski definition) is 1. The predicted octanol–water partition coefficient (Wildman–Crippen LogP) is 5.28. The Balaban J connectivity index is 1.69. The average molecular weight is 491 g/mol. The minimum absolute atomic E-state index is 0.0758.